The third-order valence-electron chi connectivity index (χ3n) is 2.85. The van der Waals surface area contributed by atoms with Crippen molar-refractivity contribution in [3.8, 4) is 5.75 Å². The summed E-state index contributed by atoms with van der Waals surface area (Å²) in [7, 11) is 0. The van der Waals surface area contributed by atoms with E-state index in [1.807, 2.05) is 6.07 Å². The van der Waals surface area contributed by atoms with Crippen LogP contribution in [0, 0.1) is 0 Å². The van der Waals surface area contributed by atoms with Gasteiger partial charge in [-0.1, -0.05) is 31.9 Å². The second kappa shape index (κ2) is 5.04. The topological polar surface area (TPSA) is 50.4 Å². The Labute approximate surface area is 99.7 Å². The third kappa shape index (κ3) is 2.33. The van der Waals surface area contributed by atoms with Gasteiger partial charge in [-0.05, 0) is 18.6 Å². The van der Waals surface area contributed by atoms with Gasteiger partial charge in [-0.2, -0.15) is 0 Å². The normalized spacial score (nSPS) is 10.9. The van der Waals surface area contributed by atoms with Crippen LogP contribution in [-0.2, 0) is 6.42 Å². The molecule has 1 N–H and O–H groups in total. The largest absolute Gasteiger partial charge is 0.502 e. The Morgan fingerprint density at radius 1 is 1.24 bits per heavy atom. The Morgan fingerprint density at radius 2 is 2.00 bits per heavy atom. The van der Waals surface area contributed by atoms with Crippen molar-refractivity contribution in [1.82, 2.24) is 0 Å². The molecule has 0 unspecified atom stereocenters. The van der Waals surface area contributed by atoms with Gasteiger partial charge < -0.3 is 9.52 Å². The van der Waals surface area contributed by atoms with Gasteiger partial charge in [0.05, 0.1) is 5.39 Å². The fourth-order valence-corrected chi connectivity index (χ4v) is 1.88. The summed E-state index contributed by atoms with van der Waals surface area (Å²) < 4.78 is 5.57. The van der Waals surface area contributed by atoms with Crippen LogP contribution >= 0.6 is 0 Å². The van der Waals surface area contributed by atoms with Crippen LogP contribution in [0.3, 0.4) is 0 Å². The summed E-state index contributed by atoms with van der Waals surface area (Å²) in [5.41, 5.74) is 0.208. The number of unbranched alkanes of at least 4 members (excludes halogenated alkanes) is 2. The Balaban J connectivity index is 2.43. The summed E-state index contributed by atoms with van der Waals surface area (Å²) in [5, 5.41) is 10.2. The molecular formula is C14H16O3. The van der Waals surface area contributed by atoms with E-state index in [4.69, 9.17) is 4.42 Å². The van der Waals surface area contributed by atoms with Crippen molar-refractivity contribution < 1.29 is 9.52 Å². The van der Waals surface area contributed by atoms with Gasteiger partial charge >= 0.3 is 0 Å². The highest BCUT2D eigenvalue weighted by Gasteiger charge is 2.12. The van der Waals surface area contributed by atoms with E-state index in [0.717, 1.165) is 19.3 Å². The fraction of sp³-hybridized carbons (Fsp3) is 0.357. The van der Waals surface area contributed by atoms with Crippen molar-refractivity contribution in [3.63, 3.8) is 0 Å². The van der Waals surface area contributed by atoms with E-state index >= 15 is 0 Å². The molecule has 1 aromatic carbocycles. The standard InChI is InChI=1S/C14H16O3/c1-2-3-4-9-12-14(16)13(15)10-7-5-6-8-11(10)17-12/h5-8,16H,2-4,9H2,1H3. The maximum atomic E-state index is 11.9. The third-order valence-corrected chi connectivity index (χ3v) is 2.85. The number of hydrogen-bond acceptors (Lipinski definition) is 3. The molecule has 0 spiro atoms. The van der Waals surface area contributed by atoms with Crippen LogP contribution in [-0.4, -0.2) is 5.11 Å². The molecule has 0 saturated carbocycles. The second-order valence-corrected chi connectivity index (χ2v) is 4.16. The molecule has 3 nitrogen and oxygen atoms in total. The Bertz CT molecular complexity index is 569. The molecule has 0 atom stereocenters. The zero-order valence-corrected chi connectivity index (χ0v) is 9.90. The van der Waals surface area contributed by atoms with Crippen molar-refractivity contribution in [3.05, 3.63) is 40.2 Å². The highest BCUT2D eigenvalue weighted by atomic mass is 16.4. The van der Waals surface area contributed by atoms with Crippen LogP contribution in [0.5, 0.6) is 5.75 Å². The zero-order valence-electron chi connectivity index (χ0n) is 9.90. The fourth-order valence-electron chi connectivity index (χ4n) is 1.88. The van der Waals surface area contributed by atoms with Gasteiger partial charge in [-0.25, -0.2) is 0 Å². The maximum Gasteiger partial charge on any atom is 0.234 e. The lowest BCUT2D eigenvalue weighted by Crippen LogP contribution is -2.04. The van der Waals surface area contributed by atoms with Crippen LogP contribution in [0.4, 0.5) is 0 Å². The highest BCUT2D eigenvalue weighted by molar-refractivity contribution is 5.77. The first-order valence-electron chi connectivity index (χ1n) is 5.97. The lowest BCUT2D eigenvalue weighted by atomic mass is 10.1. The molecule has 0 aliphatic rings. The molecule has 2 rings (SSSR count). The van der Waals surface area contributed by atoms with E-state index in [2.05, 4.69) is 6.92 Å². The molecule has 17 heavy (non-hydrogen) atoms. The number of rotatable bonds is 4. The molecule has 0 radical (unpaired) electrons. The number of aryl methyl sites for hydroxylation is 1. The van der Waals surface area contributed by atoms with Gasteiger partial charge in [0, 0.05) is 6.42 Å². The molecule has 1 aromatic heterocycles. The zero-order chi connectivity index (χ0) is 12.3. The van der Waals surface area contributed by atoms with E-state index in [-0.39, 0.29) is 11.2 Å². The van der Waals surface area contributed by atoms with Crippen molar-refractivity contribution >= 4 is 11.0 Å². The van der Waals surface area contributed by atoms with Crippen molar-refractivity contribution in [2.75, 3.05) is 0 Å². The molecular weight excluding hydrogens is 216 g/mol. The average Bonchev–Trinajstić information content (AvgIpc) is 2.35. The molecule has 0 fully saturated rings. The number of para-hydroxylation sites is 1. The summed E-state index contributed by atoms with van der Waals surface area (Å²) >= 11 is 0. The first-order valence-corrected chi connectivity index (χ1v) is 5.97. The van der Waals surface area contributed by atoms with Gasteiger partial charge in [-0.3, -0.25) is 4.79 Å². The van der Waals surface area contributed by atoms with Gasteiger partial charge in [0.1, 0.15) is 11.3 Å². The van der Waals surface area contributed by atoms with Gasteiger partial charge in [0.15, 0.2) is 0 Å². The SMILES string of the molecule is CCCCCc1oc2ccccc2c(=O)c1O. The summed E-state index contributed by atoms with van der Waals surface area (Å²) in [4.78, 5) is 11.9. The van der Waals surface area contributed by atoms with E-state index in [1.165, 1.54) is 0 Å². The van der Waals surface area contributed by atoms with Crippen molar-refractivity contribution in [2.24, 2.45) is 0 Å². The van der Waals surface area contributed by atoms with Crippen molar-refractivity contribution in [1.29, 1.82) is 0 Å². The van der Waals surface area contributed by atoms with Crippen LogP contribution < -0.4 is 5.43 Å². The summed E-state index contributed by atoms with van der Waals surface area (Å²) in [6.45, 7) is 2.11. The predicted octanol–water partition coefficient (Wildman–Crippen LogP) is 3.23. The number of aromatic hydroxyl groups is 1. The monoisotopic (exact) mass is 232 g/mol. The van der Waals surface area contributed by atoms with Gasteiger partial charge in [0.2, 0.25) is 11.2 Å². The molecule has 2 aromatic rings. The second-order valence-electron chi connectivity index (χ2n) is 4.16. The smallest absolute Gasteiger partial charge is 0.234 e. The first-order chi connectivity index (χ1) is 8.24. The van der Waals surface area contributed by atoms with Crippen LogP contribution in [0.15, 0.2) is 33.5 Å². The lowest BCUT2D eigenvalue weighted by Gasteiger charge is -2.05. The van der Waals surface area contributed by atoms with E-state index < -0.39 is 0 Å². The van der Waals surface area contributed by atoms with Crippen LogP contribution in [0.1, 0.15) is 31.9 Å². The molecule has 0 saturated heterocycles. The van der Waals surface area contributed by atoms with Crippen molar-refractivity contribution in [2.45, 2.75) is 32.6 Å². The molecule has 0 aliphatic heterocycles. The first kappa shape index (κ1) is 11.7. The summed E-state index contributed by atoms with van der Waals surface area (Å²) in [6, 6.07) is 6.99. The minimum Gasteiger partial charge on any atom is -0.502 e. The van der Waals surface area contributed by atoms with Gasteiger partial charge in [0.25, 0.3) is 0 Å². The number of benzene rings is 1. The Morgan fingerprint density at radius 3 is 2.76 bits per heavy atom. The van der Waals surface area contributed by atoms with E-state index in [1.54, 1.807) is 18.2 Å². The molecule has 3 heteroatoms. The molecule has 0 bridgehead atoms. The number of fused-ring (bicyclic) bond motifs is 1. The summed E-state index contributed by atoms with van der Waals surface area (Å²) in [5.74, 6) is 0.168. The van der Waals surface area contributed by atoms with Crippen LogP contribution in [0.25, 0.3) is 11.0 Å². The van der Waals surface area contributed by atoms with Gasteiger partial charge in [-0.15, -0.1) is 0 Å². The summed E-state index contributed by atoms with van der Waals surface area (Å²) in [6.07, 6.45) is 3.69. The molecule has 90 valence electrons. The van der Waals surface area contributed by atoms with Crippen LogP contribution in [0.2, 0.25) is 0 Å². The predicted molar refractivity (Wildman–Crippen MR) is 67.4 cm³/mol. The number of hydrogen-bond donors (Lipinski definition) is 1. The molecule has 1 heterocycles. The minimum atomic E-state index is -0.335. The Hall–Kier alpha value is -1.77. The van der Waals surface area contributed by atoms with E-state index in [9.17, 15) is 9.90 Å². The van der Waals surface area contributed by atoms with E-state index in [0.29, 0.717) is 23.2 Å². The molecule has 0 aliphatic carbocycles. The average molecular weight is 232 g/mol. The maximum absolute atomic E-state index is 11.9. The Kier molecular flexibility index (Phi) is 3.47. The minimum absolute atomic E-state index is 0.236. The highest BCUT2D eigenvalue weighted by Crippen LogP contribution is 2.21. The lowest BCUT2D eigenvalue weighted by molar-refractivity contribution is 0.412. The quantitative estimate of drug-likeness (QED) is 0.823. The molecule has 0 amide bonds.